The Kier molecular flexibility index (Phi) is 4.99. The van der Waals surface area contributed by atoms with E-state index in [2.05, 4.69) is 5.32 Å². The molecule has 16 heavy (non-hydrogen) atoms. The van der Waals surface area contributed by atoms with Gasteiger partial charge in [-0.25, -0.2) is 0 Å². The number of nitrogens with one attached hydrogen (secondary N) is 1. The average molecular weight is 221 g/mol. The summed E-state index contributed by atoms with van der Waals surface area (Å²) < 4.78 is 0. The summed E-state index contributed by atoms with van der Waals surface area (Å²) in [4.78, 5) is 11.8. The predicted molar refractivity (Wildman–Crippen MR) is 64.4 cm³/mol. The molecule has 0 spiro atoms. The zero-order chi connectivity index (χ0) is 12.0. The fraction of sp³-hybridized carbons (Fsp3) is 0.462. The van der Waals surface area contributed by atoms with E-state index in [-0.39, 0.29) is 18.6 Å². The molecule has 0 aliphatic carbocycles. The lowest BCUT2D eigenvalue weighted by atomic mass is 10.1. The molecule has 0 aliphatic heterocycles. The molecule has 0 saturated heterocycles. The molecule has 0 aromatic heterocycles. The fourth-order valence-electron chi connectivity index (χ4n) is 1.48. The Morgan fingerprint density at radius 1 is 1.38 bits per heavy atom. The van der Waals surface area contributed by atoms with Crippen LogP contribution >= 0.6 is 0 Å². The number of aryl methyl sites for hydroxylation is 1. The summed E-state index contributed by atoms with van der Waals surface area (Å²) in [5.74, 6) is -0.0505. The summed E-state index contributed by atoms with van der Waals surface area (Å²) in [6.07, 6.45) is 1.52. The Morgan fingerprint density at radius 3 is 2.56 bits per heavy atom. The molecule has 1 unspecified atom stereocenters. The van der Waals surface area contributed by atoms with Crippen molar-refractivity contribution in [3.8, 4) is 0 Å². The second-order valence-corrected chi connectivity index (χ2v) is 4.11. The van der Waals surface area contributed by atoms with Crippen LogP contribution in [-0.4, -0.2) is 23.7 Å². The Bertz CT molecular complexity index is 332. The van der Waals surface area contributed by atoms with Crippen LogP contribution in [0.15, 0.2) is 24.3 Å². The van der Waals surface area contributed by atoms with Crippen molar-refractivity contribution < 1.29 is 9.90 Å². The predicted octanol–water partition coefficient (Wildman–Crippen LogP) is 1.89. The van der Waals surface area contributed by atoms with Crippen LogP contribution in [-0.2, 0) is 0 Å². The number of aliphatic hydroxyl groups is 1. The Hall–Kier alpha value is -1.35. The summed E-state index contributed by atoms with van der Waals surface area (Å²) >= 11 is 0. The molecule has 1 aromatic rings. The van der Waals surface area contributed by atoms with Crippen molar-refractivity contribution >= 4 is 5.91 Å². The first-order chi connectivity index (χ1) is 7.63. The fourth-order valence-corrected chi connectivity index (χ4v) is 1.48. The highest BCUT2D eigenvalue weighted by atomic mass is 16.2. The monoisotopic (exact) mass is 221 g/mol. The van der Waals surface area contributed by atoms with Gasteiger partial charge in [-0.2, -0.15) is 0 Å². The molecule has 88 valence electrons. The SMILES string of the molecule is Cc1ccc(C(=O)NC(C)CCCO)cc1. The lowest BCUT2D eigenvalue weighted by molar-refractivity contribution is 0.0936. The molecule has 1 aromatic carbocycles. The molecule has 0 aliphatic rings. The van der Waals surface area contributed by atoms with E-state index in [1.807, 2.05) is 38.1 Å². The zero-order valence-corrected chi connectivity index (χ0v) is 9.86. The van der Waals surface area contributed by atoms with E-state index in [1.54, 1.807) is 0 Å². The van der Waals surface area contributed by atoms with Crippen LogP contribution < -0.4 is 5.32 Å². The van der Waals surface area contributed by atoms with E-state index in [4.69, 9.17) is 5.11 Å². The Balaban J connectivity index is 2.48. The van der Waals surface area contributed by atoms with Crippen molar-refractivity contribution in [3.05, 3.63) is 35.4 Å². The van der Waals surface area contributed by atoms with Crippen molar-refractivity contribution in [2.24, 2.45) is 0 Å². The van der Waals surface area contributed by atoms with Gasteiger partial charge in [0.15, 0.2) is 0 Å². The molecule has 2 N–H and O–H groups in total. The number of carbonyl (C=O) groups is 1. The lowest BCUT2D eigenvalue weighted by Crippen LogP contribution is -2.32. The highest BCUT2D eigenvalue weighted by Gasteiger charge is 2.08. The van der Waals surface area contributed by atoms with Crippen LogP contribution in [0.3, 0.4) is 0 Å². The van der Waals surface area contributed by atoms with E-state index >= 15 is 0 Å². The molecule has 0 radical (unpaired) electrons. The molecule has 3 nitrogen and oxygen atoms in total. The maximum absolute atomic E-state index is 11.8. The molecule has 1 rings (SSSR count). The van der Waals surface area contributed by atoms with Gasteiger partial charge in [0.2, 0.25) is 0 Å². The van der Waals surface area contributed by atoms with E-state index in [0.29, 0.717) is 5.56 Å². The minimum absolute atomic E-state index is 0.0505. The van der Waals surface area contributed by atoms with Gasteiger partial charge in [0, 0.05) is 18.2 Å². The molecular weight excluding hydrogens is 202 g/mol. The number of hydrogen-bond donors (Lipinski definition) is 2. The van der Waals surface area contributed by atoms with Gasteiger partial charge >= 0.3 is 0 Å². The molecule has 3 heteroatoms. The summed E-state index contributed by atoms with van der Waals surface area (Å²) in [5, 5.41) is 11.6. The van der Waals surface area contributed by atoms with Gasteiger partial charge < -0.3 is 10.4 Å². The van der Waals surface area contributed by atoms with E-state index in [0.717, 1.165) is 18.4 Å². The van der Waals surface area contributed by atoms with Crippen molar-refractivity contribution in [1.82, 2.24) is 5.32 Å². The maximum atomic E-state index is 11.8. The summed E-state index contributed by atoms with van der Waals surface area (Å²) in [6, 6.07) is 7.59. The summed E-state index contributed by atoms with van der Waals surface area (Å²) in [7, 11) is 0. The largest absolute Gasteiger partial charge is 0.396 e. The molecule has 0 bridgehead atoms. The smallest absolute Gasteiger partial charge is 0.251 e. The third-order valence-corrected chi connectivity index (χ3v) is 2.49. The van der Waals surface area contributed by atoms with Gasteiger partial charge in [-0.3, -0.25) is 4.79 Å². The van der Waals surface area contributed by atoms with Crippen LogP contribution in [0.25, 0.3) is 0 Å². The summed E-state index contributed by atoms with van der Waals surface area (Å²) in [5.41, 5.74) is 1.83. The highest BCUT2D eigenvalue weighted by molar-refractivity contribution is 5.94. The minimum atomic E-state index is -0.0505. The Morgan fingerprint density at radius 2 is 2.00 bits per heavy atom. The van der Waals surface area contributed by atoms with Crippen molar-refractivity contribution in [3.63, 3.8) is 0 Å². The van der Waals surface area contributed by atoms with Crippen molar-refractivity contribution in [1.29, 1.82) is 0 Å². The molecular formula is C13H19NO2. The molecule has 0 saturated carbocycles. The van der Waals surface area contributed by atoms with Crippen molar-refractivity contribution in [2.75, 3.05) is 6.61 Å². The molecule has 0 heterocycles. The zero-order valence-electron chi connectivity index (χ0n) is 9.86. The number of hydrogen-bond acceptors (Lipinski definition) is 2. The number of carbonyl (C=O) groups excluding carboxylic acids is 1. The third-order valence-electron chi connectivity index (χ3n) is 2.49. The number of amides is 1. The standard InChI is InChI=1S/C13H19NO2/c1-10-5-7-12(8-6-10)13(16)14-11(2)4-3-9-15/h5-8,11,15H,3-4,9H2,1-2H3,(H,14,16). The normalized spacial score (nSPS) is 12.2. The first kappa shape index (κ1) is 12.7. The maximum Gasteiger partial charge on any atom is 0.251 e. The average Bonchev–Trinajstić information content (AvgIpc) is 2.27. The van der Waals surface area contributed by atoms with Gasteiger partial charge in [0.25, 0.3) is 5.91 Å². The van der Waals surface area contributed by atoms with Gasteiger partial charge in [0.1, 0.15) is 0 Å². The van der Waals surface area contributed by atoms with Crippen LogP contribution in [0.1, 0.15) is 35.7 Å². The van der Waals surface area contributed by atoms with Gasteiger partial charge in [-0.15, -0.1) is 0 Å². The second-order valence-electron chi connectivity index (χ2n) is 4.11. The lowest BCUT2D eigenvalue weighted by Gasteiger charge is -2.13. The Labute approximate surface area is 96.5 Å². The van der Waals surface area contributed by atoms with Crippen LogP contribution in [0, 0.1) is 6.92 Å². The van der Waals surface area contributed by atoms with E-state index < -0.39 is 0 Å². The first-order valence-corrected chi connectivity index (χ1v) is 5.62. The quantitative estimate of drug-likeness (QED) is 0.797. The van der Waals surface area contributed by atoms with Crippen molar-refractivity contribution in [2.45, 2.75) is 32.7 Å². The van der Waals surface area contributed by atoms with Crippen LogP contribution in [0.5, 0.6) is 0 Å². The topological polar surface area (TPSA) is 49.3 Å². The minimum Gasteiger partial charge on any atom is -0.396 e. The third kappa shape index (κ3) is 4.03. The van der Waals surface area contributed by atoms with Crippen LogP contribution in [0.4, 0.5) is 0 Å². The van der Waals surface area contributed by atoms with Gasteiger partial charge in [-0.05, 0) is 38.8 Å². The molecule has 1 atom stereocenters. The molecule has 0 fully saturated rings. The molecule has 1 amide bonds. The van der Waals surface area contributed by atoms with E-state index in [1.165, 1.54) is 0 Å². The number of benzene rings is 1. The second kappa shape index (κ2) is 6.28. The van der Waals surface area contributed by atoms with E-state index in [9.17, 15) is 4.79 Å². The number of aliphatic hydroxyl groups excluding tert-OH is 1. The van der Waals surface area contributed by atoms with Crippen LogP contribution in [0.2, 0.25) is 0 Å². The number of rotatable bonds is 5. The first-order valence-electron chi connectivity index (χ1n) is 5.62. The highest BCUT2D eigenvalue weighted by Crippen LogP contribution is 2.04. The van der Waals surface area contributed by atoms with Gasteiger partial charge in [-0.1, -0.05) is 17.7 Å². The summed E-state index contributed by atoms with van der Waals surface area (Å²) in [6.45, 7) is 4.11. The van der Waals surface area contributed by atoms with Gasteiger partial charge in [0.05, 0.1) is 0 Å².